The Balaban J connectivity index is 1.87. The molecule has 178 valence electrons. The van der Waals surface area contributed by atoms with E-state index in [1.54, 1.807) is 11.3 Å². The summed E-state index contributed by atoms with van der Waals surface area (Å²) in [5, 5.41) is 4.48. The number of hydrogen-bond acceptors (Lipinski definition) is 5. The van der Waals surface area contributed by atoms with E-state index in [0.717, 1.165) is 45.8 Å². The van der Waals surface area contributed by atoms with Gasteiger partial charge in [-0.15, -0.1) is 0 Å². The van der Waals surface area contributed by atoms with Crippen LogP contribution >= 0.6 is 22.9 Å². The quantitative estimate of drug-likeness (QED) is 0.180. The maximum atomic E-state index is 7.65. The summed E-state index contributed by atoms with van der Waals surface area (Å²) in [6.07, 6.45) is 9.47. The van der Waals surface area contributed by atoms with Crippen molar-refractivity contribution in [2.45, 2.75) is 71.8 Å². The molecule has 1 aromatic heterocycles. The molecule has 0 aliphatic rings. The Kier molecular flexibility index (Phi) is 10.4. The first-order valence-corrected chi connectivity index (χ1v) is 13.3. The molecule has 5 nitrogen and oxygen atoms in total. The molecule has 0 radical (unpaired) electrons. The molecule has 7 heteroatoms. The lowest BCUT2D eigenvalue weighted by atomic mass is 10.1. The Morgan fingerprint density at radius 1 is 0.970 bits per heavy atom. The van der Waals surface area contributed by atoms with E-state index in [-0.39, 0.29) is 0 Å². The van der Waals surface area contributed by atoms with Gasteiger partial charge >= 0.3 is 0 Å². The molecule has 2 aromatic carbocycles. The third kappa shape index (κ3) is 7.41. The predicted molar refractivity (Wildman–Crippen MR) is 139 cm³/mol. The van der Waals surface area contributed by atoms with E-state index in [9.17, 15) is 0 Å². The summed E-state index contributed by atoms with van der Waals surface area (Å²) in [4.78, 5) is 5.86. The molecule has 0 aliphatic carbocycles. The topological polar surface area (TPSA) is 62.7 Å². The first-order valence-electron chi connectivity index (χ1n) is 12.1. The highest BCUT2D eigenvalue weighted by molar-refractivity contribution is 7.16. The number of nitrogens with zero attached hydrogens (tertiary/aromatic N) is 3. The normalized spacial score (nSPS) is 11.9. The van der Waals surface area contributed by atoms with Gasteiger partial charge in [-0.05, 0) is 36.6 Å². The minimum Gasteiger partial charge on any atom is -0.491 e. The van der Waals surface area contributed by atoms with Crippen LogP contribution < -0.4 is 9.54 Å². The van der Waals surface area contributed by atoms with Crippen LogP contribution in [0.1, 0.15) is 70.8 Å². The SMILES string of the molecule is CCCCCCCCOc1cc2c(cc1N=N)sc(=NCCCC)n2Cc1ccc(Cl)cc1. The van der Waals surface area contributed by atoms with Gasteiger partial charge in [0.2, 0.25) is 0 Å². The van der Waals surface area contributed by atoms with Crippen LogP contribution in [0.4, 0.5) is 5.69 Å². The summed E-state index contributed by atoms with van der Waals surface area (Å²) in [5.41, 5.74) is 10.5. The van der Waals surface area contributed by atoms with Crippen molar-refractivity contribution in [3.05, 3.63) is 51.8 Å². The number of benzene rings is 2. The van der Waals surface area contributed by atoms with Gasteiger partial charge in [0.25, 0.3) is 0 Å². The average molecular weight is 487 g/mol. The highest BCUT2D eigenvalue weighted by atomic mass is 35.5. The molecular formula is C26H35ClN4OS. The lowest BCUT2D eigenvalue weighted by molar-refractivity contribution is 0.305. The van der Waals surface area contributed by atoms with E-state index in [0.29, 0.717) is 24.6 Å². The minimum atomic E-state index is 0.577. The fourth-order valence-corrected chi connectivity index (χ4v) is 4.93. The van der Waals surface area contributed by atoms with Gasteiger partial charge in [-0.3, -0.25) is 4.99 Å². The van der Waals surface area contributed by atoms with Crippen molar-refractivity contribution in [2.24, 2.45) is 10.1 Å². The third-order valence-corrected chi connectivity index (χ3v) is 6.98. The fourth-order valence-electron chi connectivity index (χ4n) is 3.73. The van der Waals surface area contributed by atoms with Gasteiger partial charge in [-0.2, -0.15) is 5.11 Å². The van der Waals surface area contributed by atoms with Crippen LogP contribution in [-0.4, -0.2) is 17.7 Å². The lowest BCUT2D eigenvalue weighted by Gasteiger charge is -2.11. The van der Waals surface area contributed by atoms with E-state index in [1.807, 2.05) is 24.3 Å². The van der Waals surface area contributed by atoms with Gasteiger partial charge in [0.05, 0.1) is 23.4 Å². The molecule has 0 amide bonds. The molecule has 0 bridgehead atoms. The Labute approximate surface area is 206 Å². The van der Waals surface area contributed by atoms with Crippen LogP contribution in [0, 0.1) is 5.53 Å². The monoisotopic (exact) mass is 486 g/mol. The standard InChI is InChI=1S/C26H35ClN4OS/c1-3-5-7-8-9-10-16-32-24-18-23-25(17-22(24)30-28)33-26(29-15-6-4-2)31(23)19-20-11-13-21(27)14-12-20/h11-14,17-18,28H,3-10,15-16,19H2,1-2H3. The molecule has 0 atom stereocenters. The molecule has 3 rings (SSSR count). The van der Waals surface area contributed by atoms with Crippen LogP contribution in [0.5, 0.6) is 5.75 Å². The molecule has 0 saturated heterocycles. The highest BCUT2D eigenvalue weighted by Gasteiger charge is 2.13. The zero-order valence-electron chi connectivity index (χ0n) is 19.8. The molecule has 3 aromatic rings. The fraction of sp³-hybridized carbons (Fsp3) is 0.500. The Morgan fingerprint density at radius 2 is 1.70 bits per heavy atom. The van der Waals surface area contributed by atoms with Crippen LogP contribution in [0.15, 0.2) is 46.5 Å². The van der Waals surface area contributed by atoms with Gasteiger partial charge in [0, 0.05) is 17.6 Å². The van der Waals surface area contributed by atoms with Crippen LogP contribution in [0.3, 0.4) is 0 Å². The maximum absolute atomic E-state index is 7.65. The van der Waals surface area contributed by atoms with Crippen LogP contribution in [0.25, 0.3) is 10.2 Å². The number of nitrogens with one attached hydrogen (secondary N) is 1. The molecule has 0 spiro atoms. The molecule has 1 N–H and O–H groups in total. The molecule has 0 saturated carbocycles. The van der Waals surface area contributed by atoms with Crippen molar-refractivity contribution < 1.29 is 4.74 Å². The number of ether oxygens (including phenoxy) is 1. The van der Waals surface area contributed by atoms with Crippen molar-refractivity contribution >= 4 is 38.8 Å². The number of halogens is 1. The van der Waals surface area contributed by atoms with E-state index in [4.69, 9.17) is 26.9 Å². The van der Waals surface area contributed by atoms with Gasteiger partial charge in [0.1, 0.15) is 11.4 Å². The first-order chi connectivity index (χ1) is 16.2. The second-order valence-corrected chi connectivity index (χ2v) is 9.79. The number of unbranched alkanes of at least 4 members (excludes halogenated alkanes) is 6. The van der Waals surface area contributed by atoms with Gasteiger partial charge < -0.3 is 9.30 Å². The third-order valence-electron chi connectivity index (χ3n) is 5.65. The summed E-state index contributed by atoms with van der Waals surface area (Å²) in [7, 11) is 0. The summed E-state index contributed by atoms with van der Waals surface area (Å²) >= 11 is 7.73. The largest absolute Gasteiger partial charge is 0.491 e. The molecule has 0 aliphatic heterocycles. The minimum absolute atomic E-state index is 0.577. The maximum Gasteiger partial charge on any atom is 0.186 e. The average Bonchev–Trinajstić information content (AvgIpc) is 3.15. The number of hydrogen-bond donors (Lipinski definition) is 1. The zero-order valence-corrected chi connectivity index (χ0v) is 21.4. The molecule has 33 heavy (non-hydrogen) atoms. The number of fused-ring (bicyclic) bond motifs is 1. The van der Waals surface area contributed by atoms with Crippen molar-refractivity contribution in [3.63, 3.8) is 0 Å². The van der Waals surface area contributed by atoms with Crippen molar-refractivity contribution in [1.29, 1.82) is 5.53 Å². The lowest BCUT2D eigenvalue weighted by Crippen LogP contribution is -2.16. The molecule has 0 unspecified atom stereocenters. The van der Waals surface area contributed by atoms with E-state index in [1.165, 1.54) is 37.7 Å². The molecule has 1 heterocycles. The van der Waals surface area contributed by atoms with E-state index >= 15 is 0 Å². The second-order valence-electron chi connectivity index (χ2n) is 8.35. The van der Waals surface area contributed by atoms with Gasteiger partial charge in [0.15, 0.2) is 4.80 Å². The molecular weight excluding hydrogens is 452 g/mol. The van der Waals surface area contributed by atoms with Gasteiger partial charge in [-0.25, -0.2) is 5.53 Å². The van der Waals surface area contributed by atoms with E-state index in [2.05, 4.69) is 35.7 Å². The van der Waals surface area contributed by atoms with Crippen LogP contribution in [-0.2, 0) is 6.54 Å². The Hall–Kier alpha value is -2.18. The molecule has 0 fully saturated rings. The van der Waals surface area contributed by atoms with Crippen LogP contribution in [0.2, 0.25) is 5.02 Å². The van der Waals surface area contributed by atoms with Gasteiger partial charge in [-0.1, -0.05) is 87.4 Å². The van der Waals surface area contributed by atoms with Crippen molar-refractivity contribution in [1.82, 2.24) is 4.57 Å². The second kappa shape index (κ2) is 13.5. The Bertz CT molecular complexity index is 1090. The number of rotatable bonds is 14. The van der Waals surface area contributed by atoms with Crippen molar-refractivity contribution in [2.75, 3.05) is 13.2 Å². The summed E-state index contributed by atoms with van der Waals surface area (Å²) in [5.74, 6) is 0.675. The smallest absolute Gasteiger partial charge is 0.186 e. The highest BCUT2D eigenvalue weighted by Crippen LogP contribution is 2.34. The summed E-state index contributed by atoms with van der Waals surface area (Å²) in [6.45, 7) is 6.57. The van der Waals surface area contributed by atoms with E-state index < -0.39 is 0 Å². The number of thiazole rings is 1. The first kappa shape index (κ1) is 25.4. The summed E-state index contributed by atoms with van der Waals surface area (Å²) in [6, 6.07) is 11.9. The predicted octanol–water partition coefficient (Wildman–Crippen LogP) is 8.51. The number of aromatic nitrogens is 1. The van der Waals surface area contributed by atoms with Crippen molar-refractivity contribution in [3.8, 4) is 5.75 Å². The summed E-state index contributed by atoms with van der Waals surface area (Å²) < 4.78 is 9.41. The zero-order chi connectivity index (χ0) is 23.5. The Morgan fingerprint density at radius 3 is 2.42 bits per heavy atom.